The SMILES string of the molecule is Cc1cccc2[nH]c([C@H]3CCCN(C(=O)CCc4cc(Cl)no4)C3)nc12. The van der Waals surface area contributed by atoms with E-state index in [2.05, 4.69) is 23.1 Å². The van der Waals surface area contributed by atoms with Crippen LogP contribution in [0, 0.1) is 6.92 Å². The van der Waals surface area contributed by atoms with Crippen LogP contribution in [0.2, 0.25) is 5.15 Å². The molecule has 0 aliphatic carbocycles. The normalized spacial score (nSPS) is 17.8. The van der Waals surface area contributed by atoms with Crippen LogP contribution in [-0.2, 0) is 11.2 Å². The van der Waals surface area contributed by atoms with E-state index in [0.29, 0.717) is 30.3 Å². The van der Waals surface area contributed by atoms with Crippen molar-refractivity contribution in [3.63, 3.8) is 0 Å². The summed E-state index contributed by atoms with van der Waals surface area (Å²) in [4.78, 5) is 22.8. The molecule has 0 radical (unpaired) electrons. The molecule has 6 nitrogen and oxygen atoms in total. The topological polar surface area (TPSA) is 75.0 Å². The molecule has 7 heteroatoms. The number of nitrogens with zero attached hydrogens (tertiary/aromatic N) is 3. The number of carbonyl (C=O) groups excluding carboxylic acids is 1. The number of benzene rings is 1. The van der Waals surface area contributed by atoms with E-state index in [1.165, 1.54) is 5.56 Å². The van der Waals surface area contributed by atoms with Crippen molar-refractivity contribution in [2.24, 2.45) is 0 Å². The summed E-state index contributed by atoms with van der Waals surface area (Å²) in [6.07, 6.45) is 2.95. The first-order chi connectivity index (χ1) is 12.6. The van der Waals surface area contributed by atoms with Gasteiger partial charge < -0.3 is 14.4 Å². The summed E-state index contributed by atoms with van der Waals surface area (Å²) in [6.45, 7) is 3.57. The summed E-state index contributed by atoms with van der Waals surface area (Å²) in [5, 5.41) is 3.96. The molecule has 3 aromatic rings. The van der Waals surface area contributed by atoms with Crippen LogP contribution >= 0.6 is 11.6 Å². The van der Waals surface area contributed by atoms with Crippen molar-refractivity contribution in [2.45, 2.75) is 38.5 Å². The van der Waals surface area contributed by atoms with E-state index >= 15 is 0 Å². The van der Waals surface area contributed by atoms with Crippen molar-refractivity contribution in [1.29, 1.82) is 0 Å². The number of imidazole rings is 1. The number of rotatable bonds is 4. The fraction of sp³-hybridized carbons (Fsp3) is 0.421. The average molecular weight is 373 g/mol. The van der Waals surface area contributed by atoms with Gasteiger partial charge in [-0.2, -0.15) is 0 Å². The van der Waals surface area contributed by atoms with Crippen LogP contribution in [0.4, 0.5) is 0 Å². The second-order valence-electron chi connectivity index (χ2n) is 6.89. The highest BCUT2D eigenvalue weighted by Crippen LogP contribution is 2.28. The summed E-state index contributed by atoms with van der Waals surface area (Å²) < 4.78 is 5.07. The molecule has 1 aliphatic heterocycles. The number of hydrogen-bond acceptors (Lipinski definition) is 4. The zero-order chi connectivity index (χ0) is 18.1. The maximum Gasteiger partial charge on any atom is 0.223 e. The molecule has 1 fully saturated rings. The lowest BCUT2D eigenvalue weighted by Crippen LogP contribution is -2.39. The Morgan fingerprint density at radius 2 is 2.35 bits per heavy atom. The van der Waals surface area contributed by atoms with E-state index < -0.39 is 0 Å². The Morgan fingerprint density at radius 1 is 1.46 bits per heavy atom. The van der Waals surface area contributed by atoms with Gasteiger partial charge in [0.1, 0.15) is 11.6 Å². The zero-order valence-electron chi connectivity index (χ0n) is 14.7. The van der Waals surface area contributed by atoms with Gasteiger partial charge in [-0.15, -0.1) is 0 Å². The molecule has 1 aromatic carbocycles. The zero-order valence-corrected chi connectivity index (χ0v) is 15.4. The summed E-state index contributed by atoms with van der Waals surface area (Å²) in [5.74, 6) is 2.01. The molecular weight excluding hydrogens is 352 g/mol. The first kappa shape index (κ1) is 17.1. The van der Waals surface area contributed by atoms with Crippen LogP contribution < -0.4 is 0 Å². The molecule has 136 valence electrons. The molecule has 1 aliphatic rings. The van der Waals surface area contributed by atoms with Gasteiger partial charge in [0.2, 0.25) is 5.91 Å². The lowest BCUT2D eigenvalue weighted by Gasteiger charge is -2.31. The van der Waals surface area contributed by atoms with Crippen molar-refractivity contribution in [3.05, 3.63) is 46.6 Å². The highest BCUT2D eigenvalue weighted by atomic mass is 35.5. The molecule has 0 bridgehead atoms. The van der Waals surface area contributed by atoms with Crippen molar-refractivity contribution < 1.29 is 9.32 Å². The van der Waals surface area contributed by atoms with Gasteiger partial charge in [-0.25, -0.2) is 4.98 Å². The Morgan fingerprint density at radius 3 is 3.12 bits per heavy atom. The number of H-pyrrole nitrogens is 1. The molecular formula is C19H21ClN4O2. The van der Waals surface area contributed by atoms with Crippen molar-refractivity contribution in [2.75, 3.05) is 13.1 Å². The Labute approximate surface area is 156 Å². The molecule has 0 spiro atoms. The van der Waals surface area contributed by atoms with Crippen LogP contribution in [0.3, 0.4) is 0 Å². The quantitative estimate of drug-likeness (QED) is 0.754. The lowest BCUT2D eigenvalue weighted by molar-refractivity contribution is -0.132. The Balaban J connectivity index is 1.42. The van der Waals surface area contributed by atoms with Gasteiger partial charge in [-0.3, -0.25) is 4.79 Å². The number of carbonyl (C=O) groups is 1. The summed E-state index contributed by atoms with van der Waals surface area (Å²) in [7, 11) is 0. The van der Waals surface area contributed by atoms with E-state index in [-0.39, 0.29) is 11.8 Å². The van der Waals surface area contributed by atoms with Crippen molar-refractivity contribution in [3.8, 4) is 0 Å². The number of likely N-dealkylation sites (tertiary alicyclic amines) is 1. The first-order valence-corrected chi connectivity index (χ1v) is 9.32. The number of nitrogens with one attached hydrogen (secondary N) is 1. The summed E-state index contributed by atoms with van der Waals surface area (Å²) in [6, 6.07) is 7.81. The monoisotopic (exact) mass is 372 g/mol. The number of amides is 1. The van der Waals surface area contributed by atoms with Gasteiger partial charge in [0.25, 0.3) is 0 Å². The molecule has 1 N–H and O–H groups in total. The van der Waals surface area contributed by atoms with Crippen LogP contribution in [-0.4, -0.2) is 39.0 Å². The van der Waals surface area contributed by atoms with Crippen LogP contribution in [0.5, 0.6) is 0 Å². The number of para-hydroxylation sites is 1. The van der Waals surface area contributed by atoms with Gasteiger partial charge >= 0.3 is 0 Å². The van der Waals surface area contributed by atoms with E-state index in [1.54, 1.807) is 6.07 Å². The summed E-state index contributed by atoms with van der Waals surface area (Å²) >= 11 is 5.75. The number of aryl methyl sites for hydroxylation is 2. The summed E-state index contributed by atoms with van der Waals surface area (Å²) in [5.41, 5.74) is 3.25. The predicted octanol–water partition coefficient (Wildman–Crippen LogP) is 3.85. The van der Waals surface area contributed by atoms with E-state index in [0.717, 1.165) is 36.2 Å². The predicted molar refractivity (Wildman–Crippen MR) is 99.2 cm³/mol. The highest BCUT2D eigenvalue weighted by molar-refractivity contribution is 6.29. The fourth-order valence-electron chi connectivity index (χ4n) is 3.61. The molecule has 4 rings (SSSR count). The van der Waals surface area contributed by atoms with Gasteiger partial charge in [0.05, 0.1) is 11.0 Å². The number of hydrogen-bond donors (Lipinski definition) is 1. The smallest absolute Gasteiger partial charge is 0.223 e. The van der Waals surface area contributed by atoms with Crippen LogP contribution in [0.1, 0.15) is 42.3 Å². The third-order valence-corrected chi connectivity index (χ3v) is 5.19. The maximum atomic E-state index is 12.6. The molecule has 0 unspecified atom stereocenters. The third-order valence-electron chi connectivity index (χ3n) is 5.01. The van der Waals surface area contributed by atoms with Crippen molar-refractivity contribution >= 4 is 28.5 Å². The molecule has 0 saturated carbocycles. The lowest BCUT2D eigenvalue weighted by atomic mass is 9.97. The number of halogens is 1. The van der Waals surface area contributed by atoms with Gasteiger partial charge in [-0.05, 0) is 31.4 Å². The molecule has 2 aromatic heterocycles. The minimum Gasteiger partial charge on any atom is -0.360 e. The number of piperidine rings is 1. The Bertz CT molecular complexity index is 933. The average Bonchev–Trinajstić information content (AvgIpc) is 3.27. The fourth-order valence-corrected chi connectivity index (χ4v) is 3.76. The minimum absolute atomic E-state index is 0.134. The largest absolute Gasteiger partial charge is 0.360 e. The molecule has 1 amide bonds. The molecule has 1 saturated heterocycles. The first-order valence-electron chi connectivity index (χ1n) is 8.94. The van der Waals surface area contributed by atoms with E-state index in [1.807, 2.05) is 17.0 Å². The number of aromatic amines is 1. The van der Waals surface area contributed by atoms with Crippen LogP contribution in [0.25, 0.3) is 11.0 Å². The Hall–Kier alpha value is -2.34. The second kappa shape index (κ2) is 7.11. The maximum absolute atomic E-state index is 12.6. The molecule has 3 heterocycles. The third kappa shape index (κ3) is 3.46. The van der Waals surface area contributed by atoms with Gasteiger partial charge in [0, 0.05) is 37.9 Å². The van der Waals surface area contributed by atoms with Gasteiger partial charge in [-0.1, -0.05) is 28.9 Å². The van der Waals surface area contributed by atoms with Crippen LogP contribution in [0.15, 0.2) is 28.8 Å². The molecule has 1 atom stereocenters. The highest BCUT2D eigenvalue weighted by Gasteiger charge is 2.27. The number of aromatic nitrogens is 3. The second-order valence-corrected chi connectivity index (χ2v) is 7.28. The standard InChI is InChI=1S/C19H21ClN4O2/c1-12-4-2-6-15-18(12)22-19(21-15)13-5-3-9-24(11-13)17(25)8-7-14-10-16(20)23-26-14/h2,4,6,10,13H,3,5,7-9,11H2,1H3,(H,21,22)/t13-/m0/s1. The minimum atomic E-state index is 0.134. The van der Waals surface area contributed by atoms with Gasteiger partial charge in [0.15, 0.2) is 5.15 Å². The van der Waals surface area contributed by atoms with E-state index in [4.69, 9.17) is 21.1 Å². The number of fused-ring (bicyclic) bond motifs is 1. The van der Waals surface area contributed by atoms with Crippen molar-refractivity contribution in [1.82, 2.24) is 20.0 Å². The molecule has 26 heavy (non-hydrogen) atoms. The Kier molecular flexibility index (Phi) is 4.68. The van der Waals surface area contributed by atoms with E-state index in [9.17, 15) is 4.79 Å².